The number of halogens is 2. The van der Waals surface area contributed by atoms with Crippen molar-refractivity contribution in [3.8, 4) is 0 Å². The van der Waals surface area contributed by atoms with E-state index < -0.39 is 0 Å². The van der Waals surface area contributed by atoms with Crippen molar-refractivity contribution in [1.82, 2.24) is 15.6 Å². The summed E-state index contributed by atoms with van der Waals surface area (Å²) < 4.78 is 0. The van der Waals surface area contributed by atoms with Gasteiger partial charge in [0.05, 0.1) is 0 Å². The number of H-pyrrole nitrogens is 1. The number of carbonyl (C=O) groups is 1. The first kappa shape index (κ1) is 17.6. The summed E-state index contributed by atoms with van der Waals surface area (Å²) in [5.74, 6) is -0.0940. The summed E-state index contributed by atoms with van der Waals surface area (Å²) in [5, 5.41) is 7.95. The van der Waals surface area contributed by atoms with Gasteiger partial charge in [0.25, 0.3) is 0 Å². The van der Waals surface area contributed by atoms with Crippen LogP contribution in [0.1, 0.15) is 24.0 Å². The van der Waals surface area contributed by atoms with Crippen molar-refractivity contribution in [2.24, 2.45) is 0 Å². The van der Waals surface area contributed by atoms with Crippen LogP contribution in [0.25, 0.3) is 10.9 Å². The Labute approximate surface area is 156 Å². The fraction of sp³-hybridized carbons (Fsp3) is 0.211. The lowest BCUT2D eigenvalue weighted by Crippen LogP contribution is -2.37. The maximum Gasteiger partial charge on any atom is 0.314 e. The van der Waals surface area contributed by atoms with Gasteiger partial charge in [0.15, 0.2) is 0 Å². The SMILES string of the molecule is CCNC(=O)NCC(c1ccc(Cl)cc1Cl)c1c[nH]c2ccccc12. The molecule has 1 unspecified atom stereocenters. The second kappa shape index (κ2) is 7.81. The number of benzene rings is 2. The molecule has 4 nitrogen and oxygen atoms in total. The quantitative estimate of drug-likeness (QED) is 0.581. The van der Waals surface area contributed by atoms with Gasteiger partial charge < -0.3 is 15.6 Å². The van der Waals surface area contributed by atoms with E-state index in [9.17, 15) is 4.79 Å². The molecule has 0 spiro atoms. The van der Waals surface area contributed by atoms with Crippen molar-refractivity contribution in [3.63, 3.8) is 0 Å². The van der Waals surface area contributed by atoms with Crippen LogP contribution in [-0.4, -0.2) is 24.1 Å². The van der Waals surface area contributed by atoms with Gasteiger partial charge in [-0.25, -0.2) is 4.79 Å². The molecular weight excluding hydrogens is 357 g/mol. The van der Waals surface area contributed by atoms with Crippen molar-refractivity contribution in [2.75, 3.05) is 13.1 Å². The first-order valence-corrected chi connectivity index (χ1v) is 8.88. The number of amides is 2. The molecule has 1 heterocycles. The predicted octanol–water partition coefficient (Wildman–Crippen LogP) is 4.93. The number of hydrogen-bond donors (Lipinski definition) is 3. The summed E-state index contributed by atoms with van der Waals surface area (Å²) in [5.41, 5.74) is 3.05. The number of aromatic nitrogens is 1. The van der Waals surface area contributed by atoms with Gasteiger partial charge in [-0.2, -0.15) is 0 Å². The molecule has 0 saturated carbocycles. The fourth-order valence-electron chi connectivity index (χ4n) is 2.97. The molecule has 3 aromatic rings. The third kappa shape index (κ3) is 3.91. The Morgan fingerprint density at radius 1 is 1.12 bits per heavy atom. The average Bonchev–Trinajstić information content (AvgIpc) is 3.01. The van der Waals surface area contributed by atoms with Gasteiger partial charge in [-0.05, 0) is 36.2 Å². The molecule has 1 aromatic heterocycles. The smallest absolute Gasteiger partial charge is 0.314 e. The number of para-hydroxylation sites is 1. The molecule has 3 N–H and O–H groups in total. The standard InChI is InChI=1S/C19H19Cl2N3O/c1-2-22-19(25)24-11-15(13-8-7-12(20)9-17(13)21)16-10-23-18-6-4-3-5-14(16)18/h3-10,15,23H,2,11H2,1H3,(H2,22,24,25). The van der Waals surface area contributed by atoms with E-state index in [-0.39, 0.29) is 11.9 Å². The fourth-order valence-corrected chi connectivity index (χ4v) is 3.51. The molecule has 0 saturated heterocycles. The number of rotatable bonds is 5. The Balaban J connectivity index is 2.00. The number of nitrogens with one attached hydrogen (secondary N) is 3. The molecular formula is C19H19Cl2N3O. The molecule has 25 heavy (non-hydrogen) atoms. The van der Waals surface area contributed by atoms with Crippen LogP contribution in [0.15, 0.2) is 48.7 Å². The third-order valence-corrected chi connectivity index (χ3v) is 4.70. The molecule has 2 amide bonds. The van der Waals surface area contributed by atoms with Crippen LogP contribution in [0.4, 0.5) is 4.79 Å². The lowest BCUT2D eigenvalue weighted by atomic mass is 9.91. The Morgan fingerprint density at radius 2 is 1.92 bits per heavy atom. The van der Waals surface area contributed by atoms with E-state index in [1.54, 1.807) is 6.07 Å². The van der Waals surface area contributed by atoms with Gasteiger partial charge in [-0.1, -0.05) is 47.5 Å². The van der Waals surface area contributed by atoms with Crippen LogP contribution in [0.2, 0.25) is 10.0 Å². The van der Waals surface area contributed by atoms with Gasteiger partial charge in [0.2, 0.25) is 0 Å². The Kier molecular flexibility index (Phi) is 5.51. The maximum atomic E-state index is 11.9. The molecule has 0 fully saturated rings. The monoisotopic (exact) mass is 375 g/mol. The Hall–Kier alpha value is -2.17. The van der Waals surface area contributed by atoms with Crippen LogP contribution in [0.5, 0.6) is 0 Å². The number of fused-ring (bicyclic) bond motifs is 1. The normalized spacial score (nSPS) is 12.1. The number of hydrogen-bond acceptors (Lipinski definition) is 1. The molecule has 0 aliphatic heterocycles. The highest BCUT2D eigenvalue weighted by atomic mass is 35.5. The van der Waals surface area contributed by atoms with E-state index in [2.05, 4.69) is 21.7 Å². The Morgan fingerprint density at radius 3 is 2.68 bits per heavy atom. The van der Waals surface area contributed by atoms with E-state index in [1.807, 2.05) is 43.5 Å². The number of carbonyl (C=O) groups excluding carboxylic acids is 1. The molecule has 0 radical (unpaired) electrons. The second-order valence-electron chi connectivity index (χ2n) is 5.75. The van der Waals surface area contributed by atoms with Crippen molar-refractivity contribution in [1.29, 1.82) is 0 Å². The van der Waals surface area contributed by atoms with E-state index in [1.165, 1.54) is 0 Å². The molecule has 130 valence electrons. The summed E-state index contributed by atoms with van der Waals surface area (Å²) in [4.78, 5) is 15.2. The molecule has 0 aliphatic carbocycles. The zero-order chi connectivity index (χ0) is 17.8. The highest BCUT2D eigenvalue weighted by Gasteiger charge is 2.21. The molecule has 1 atom stereocenters. The minimum Gasteiger partial charge on any atom is -0.361 e. The maximum absolute atomic E-state index is 11.9. The van der Waals surface area contributed by atoms with Crippen molar-refractivity contribution >= 4 is 40.1 Å². The summed E-state index contributed by atoms with van der Waals surface area (Å²) >= 11 is 12.5. The highest BCUT2D eigenvalue weighted by Crippen LogP contribution is 2.35. The summed E-state index contributed by atoms with van der Waals surface area (Å²) in [6, 6.07) is 13.3. The van der Waals surface area contributed by atoms with Crippen molar-refractivity contribution < 1.29 is 4.79 Å². The molecule has 6 heteroatoms. The van der Waals surface area contributed by atoms with Crippen LogP contribution in [0.3, 0.4) is 0 Å². The minimum absolute atomic E-state index is 0.0940. The van der Waals surface area contributed by atoms with Crippen LogP contribution >= 0.6 is 23.2 Å². The summed E-state index contributed by atoms with van der Waals surface area (Å²) in [7, 11) is 0. The number of aromatic amines is 1. The molecule has 2 aromatic carbocycles. The first-order valence-electron chi connectivity index (χ1n) is 8.12. The highest BCUT2D eigenvalue weighted by molar-refractivity contribution is 6.35. The third-order valence-electron chi connectivity index (χ3n) is 4.14. The van der Waals surface area contributed by atoms with Gasteiger partial charge in [-0.15, -0.1) is 0 Å². The topological polar surface area (TPSA) is 56.9 Å². The first-order chi connectivity index (χ1) is 12.1. The zero-order valence-electron chi connectivity index (χ0n) is 13.8. The van der Waals surface area contributed by atoms with Crippen molar-refractivity contribution in [3.05, 3.63) is 69.8 Å². The van der Waals surface area contributed by atoms with Gasteiger partial charge >= 0.3 is 6.03 Å². The molecule has 0 bridgehead atoms. The summed E-state index contributed by atoms with van der Waals surface area (Å²) in [6.45, 7) is 2.88. The van der Waals surface area contributed by atoms with E-state index >= 15 is 0 Å². The van der Waals surface area contributed by atoms with Crippen LogP contribution in [0, 0.1) is 0 Å². The van der Waals surface area contributed by atoms with Gasteiger partial charge in [0, 0.05) is 46.2 Å². The predicted molar refractivity (Wildman–Crippen MR) is 104 cm³/mol. The minimum atomic E-state index is -0.197. The number of urea groups is 1. The Bertz CT molecular complexity index is 891. The van der Waals surface area contributed by atoms with Gasteiger partial charge in [-0.3, -0.25) is 0 Å². The van der Waals surface area contributed by atoms with Crippen molar-refractivity contribution in [2.45, 2.75) is 12.8 Å². The zero-order valence-corrected chi connectivity index (χ0v) is 15.3. The van der Waals surface area contributed by atoms with E-state index in [0.717, 1.165) is 22.0 Å². The summed E-state index contributed by atoms with van der Waals surface area (Å²) in [6.07, 6.45) is 1.97. The second-order valence-corrected chi connectivity index (χ2v) is 6.59. The lowest BCUT2D eigenvalue weighted by molar-refractivity contribution is 0.241. The van der Waals surface area contributed by atoms with Crippen LogP contribution < -0.4 is 10.6 Å². The average molecular weight is 376 g/mol. The lowest BCUT2D eigenvalue weighted by Gasteiger charge is -2.19. The molecule has 0 aliphatic rings. The van der Waals surface area contributed by atoms with E-state index in [0.29, 0.717) is 23.1 Å². The van der Waals surface area contributed by atoms with Gasteiger partial charge in [0.1, 0.15) is 0 Å². The molecule has 3 rings (SSSR count). The van der Waals surface area contributed by atoms with Crippen LogP contribution in [-0.2, 0) is 0 Å². The van der Waals surface area contributed by atoms with E-state index in [4.69, 9.17) is 23.2 Å². The largest absolute Gasteiger partial charge is 0.361 e.